The maximum atomic E-state index is 11.4. The molecule has 0 bridgehead atoms. The Kier molecular flexibility index (Phi) is 2.24. The number of nitrogens with zero attached hydrogens (tertiary/aromatic N) is 1. The molecule has 3 nitrogen and oxygen atoms in total. The highest BCUT2D eigenvalue weighted by Crippen LogP contribution is 2.27. The number of epoxide rings is 1. The number of rotatable bonds is 3. The fraction of sp³-hybridized carbons (Fsp3) is 0.667. The van der Waals surface area contributed by atoms with Gasteiger partial charge in [0.15, 0.2) is 11.4 Å². The van der Waals surface area contributed by atoms with E-state index in [0.717, 1.165) is 5.70 Å². The number of ketones is 1. The van der Waals surface area contributed by atoms with E-state index < -0.39 is 5.60 Å². The molecule has 1 unspecified atom stereocenters. The van der Waals surface area contributed by atoms with Crippen LogP contribution in [0.15, 0.2) is 11.8 Å². The second-order valence-electron chi connectivity index (χ2n) is 3.56. The highest BCUT2D eigenvalue weighted by atomic mass is 16.6. The lowest BCUT2D eigenvalue weighted by Gasteiger charge is -2.12. The van der Waals surface area contributed by atoms with Gasteiger partial charge < -0.3 is 9.64 Å². The first-order valence-corrected chi connectivity index (χ1v) is 4.00. The van der Waals surface area contributed by atoms with Crippen molar-refractivity contribution in [1.82, 2.24) is 4.90 Å². The van der Waals surface area contributed by atoms with Gasteiger partial charge in [0, 0.05) is 25.9 Å². The van der Waals surface area contributed by atoms with Gasteiger partial charge in [-0.15, -0.1) is 0 Å². The van der Waals surface area contributed by atoms with Crippen molar-refractivity contribution >= 4 is 5.78 Å². The maximum Gasteiger partial charge on any atom is 0.191 e. The van der Waals surface area contributed by atoms with E-state index in [-0.39, 0.29) is 5.78 Å². The van der Waals surface area contributed by atoms with Gasteiger partial charge in [-0.1, -0.05) is 0 Å². The van der Waals surface area contributed by atoms with Crippen LogP contribution in [0.1, 0.15) is 13.8 Å². The van der Waals surface area contributed by atoms with Crippen LogP contribution in [0, 0.1) is 0 Å². The molecule has 0 spiro atoms. The number of carbonyl (C=O) groups is 1. The molecule has 12 heavy (non-hydrogen) atoms. The van der Waals surface area contributed by atoms with Gasteiger partial charge in [0.1, 0.15) is 0 Å². The normalized spacial score (nSPS) is 28.5. The summed E-state index contributed by atoms with van der Waals surface area (Å²) in [5, 5.41) is 0. The van der Waals surface area contributed by atoms with Crippen LogP contribution in [0.25, 0.3) is 0 Å². The summed E-state index contributed by atoms with van der Waals surface area (Å²) in [4.78, 5) is 13.3. The SMILES string of the molecule is C/C(=C\C(=O)C1(C)CO1)N(C)C. The second kappa shape index (κ2) is 2.90. The molecule has 1 aliphatic rings. The van der Waals surface area contributed by atoms with E-state index in [1.54, 1.807) is 6.08 Å². The number of ether oxygens (including phenoxy) is 1. The van der Waals surface area contributed by atoms with Crippen molar-refractivity contribution in [2.24, 2.45) is 0 Å². The molecule has 68 valence electrons. The van der Waals surface area contributed by atoms with E-state index in [2.05, 4.69) is 0 Å². The lowest BCUT2D eigenvalue weighted by molar-refractivity contribution is -0.118. The van der Waals surface area contributed by atoms with Crippen LogP contribution in [0.2, 0.25) is 0 Å². The molecule has 1 aliphatic heterocycles. The van der Waals surface area contributed by atoms with Gasteiger partial charge in [0.2, 0.25) is 0 Å². The second-order valence-corrected chi connectivity index (χ2v) is 3.56. The Morgan fingerprint density at radius 3 is 2.42 bits per heavy atom. The van der Waals surface area contributed by atoms with E-state index in [9.17, 15) is 4.79 Å². The molecular weight excluding hydrogens is 154 g/mol. The maximum absolute atomic E-state index is 11.4. The van der Waals surface area contributed by atoms with Crippen LogP contribution in [0.4, 0.5) is 0 Å². The van der Waals surface area contributed by atoms with Crippen LogP contribution in [0.3, 0.4) is 0 Å². The minimum absolute atomic E-state index is 0.0636. The average molecular weight is 169 g/mol. The molecule has 0 aromatic heterocycles. The lowest BCUT2D eigenvalue weighted by Crippen LogP contribution is -2.20. The molecule has 0 radical (unpaired) electrons. The fourth-order valence-corrected chi connectivity index (χ4v) is 0.722. The standard InChI is InChI=1S/C9H15NO2/c1-7(10(3)4)5-8(11)9(2)6-12-9/h5H,6H2,1-4H3/b7-5+. The molecule has 0 saturated carbocycles. The average Bonchev–Trinajstić information content (AvgIpc) is 2.69. The van der Waals surface area contributed by atoms with Gasteiger partial charge >= 0.3 is 0 Å². The zero-order valence-corrected chi connectivity index (χ0v) is 8.05. The minimum Gasteiger partial charge on any atom is -0.381 e. The van der Waals surface area contributed by atoms with Crippen molar-refractivity contribution < 1.29 is 9.53 Å². The Morgan fingerprint density at radius 1 is 1.58 bits per heavy atom. The van der Waals surface area contributed by atoms with E-state index in [1.165, 1.54) is 0 Å². The summed E-state index contributed by atoms with van der Waals surface area (Å²) < 4.78 is 5.03. The summed E-state index contributed by atoms with van der Waals surface area (Å²) in [6, 6.07) is 0. The molecule has 1 heterocycles. The Morgan fingerprint density at radius 2 is 2.08 bits per heavy atom. The third kappa shape index (κ3) is 1.85. The van der Waals surface area contributed by atoms with Crippen molar-refractivity contribution in [3.05, 3.63) is 11.8 Å². The molecule has 0 aliphatic carbocycles. The summed E-state index contributed by atoms with van der Waals surface area (Å²) in [7, 11) is 3.82. The van der Waals surface area contributed by atoms with Gasteiger partial charge in [-0.05, 0) is 13.8 Å². The number of allylic oxidation sites excluding steroid dienone is 1. The summed E-state index contributed by atoms with van der Waals surface area (Å²) >= 11 is 0. The number of hydrogen-bond donors (Lipinski definition) is 0. The first-order valence-electron chi connectivity index (χ1n) is 4.00. The first kappa shape index (κ1) is 9.26. The topological polar surface area (TPSA) is 32.8 Å². The number of carbonyl (C=O) groups excluding carboxylic acids is 1. The lowest BCUT2D eigenvalue weighted by atomic mass is 10.1. The molecule has 0 amide bonds. The molecule has 0 aromatic carbocycles. The van der Waals surface area contributed by atoms with Crippen LogP contribution >= 0.6 is 0 Å². The molecule has 0 N–H and O–H groups in total. The predicted molar refractivity (Wildman–Crippen MR) is 46.8 cm³/mol. The number of hydrogen-bond acceptors (Lipinski definition) is 3. The predicted octanol–water partition coefficient (Wildman–Crippen LogP) is 0.810. The zero-order chi connectivity index (χ0) is 9.35. The van der Waals surface area contributed by atoms with Crippen molar-refractivity contribution in [3.63, 3.8) is 0 Å². The van der Waals surface area contributed by atoms with Crippen molar-refractivity contribution in [1.29, 1.82) is 0 Å². The fourth-order valence-electron chi connectivity index (χ4n) is 0.722. The zero-order valence-electron chi connectivity index (χ0n) is 8.05. The molecule has 1 atom stereocenters. The van der Waals surface area contributed by atoms with Gasteiger partial charge in [0.25, 0.3) is 0 Å². The Balaban J connectivity index is 2.61. The summed E-state index contributed by atoms with van der Waals surface area (Å²) in [6.07, 6.45) is 1.63. The summed E-state index contributed by atoms with van der Waals surface area (Å²) in [5.74, 6) is 0.0636. The summed E-state index contributed by atoms with van der Waals surface area (Å²) in [6.45, 7) is 4.28. The Hall–Kier alpha value is -0.830. The monoisotopic (exact) mass is 169 g/mol. The van der Waals surface area contributed by atoms with Crippen molar-refractivity contribution in [2.75, 3.05) is 20.7 Å². The van der Waals surface area contributed by atoms with Crippen molar-refractivity contribution in [3.8, 4) is 0 Å². The van der Waals surface area contributed by atoms with Crippen molar-refractivity contribution in [2.45, 2.75) is 19.4 Å². The van der Waals surface area contributed by atoms with E-state index in [0.29, 0.717) is 6.61 Å². The minimum atomic E-state index is -0.517. The third-order valence-corrected chi connectivity index (χ3v) is 2.14. The van der Waals surface area contributed by atoms with E-state index in [4.69, 9.17) is 4.74 Å². The molecular formula is C9H15NO2. The smallest absolute Gasteiger partial charge is 0.191 e. The highest BCUT2D eigenvalue weighted by Gasteiger charge is 2.45. The molecule has 3 heteroatoms. The van der Waals surface area contributed by atoms with Crippen LogP contribution in [-0.4, -0.2) is 37.0 Å². The van der Waals surface area contributed by atoms with Gasteiger partial charge in [0.05, 0.1) is 6.61 Å². The molecule has 1 rings (SSSR count). The molecule has 1 saturated heterocycles. The first-order chi connectivity index (χ1) is 5.46. The van der Waals surface area contributed by atoms with E-state index in [1.807, 2.05) is 32.8 Å². The third-order valence-electron chi connectivity index (χ3n) is 2.14. The Bertz CT molecular complexity index is 227. The highest BCUT2D eigenvalue weighted by molar-refractivity contribution is 5.98. The molecule has 0 aromatic rings. The van der Waals surface area contributed by atoms with Crippen LogP contribution in [0.5, 0.6) is 0 Å². The van der Waals surface area contributed by atoms with Gasteiger partial charge in [-0.3, -0.25) is 4.79 Å². The van der Waals surface area contributed by atoms with Crippen LogP contribution < -0.4 is 0 Å². The summed E-state index contributed by atoms with van der Waals surface area (Å²) in [5.41, 5.74) is 0.439. The molecule has 1 fully saturated rings. The van der Waals surface area contributed by atoms with E-state index >= 15 is 0 Å². The van der Waals surface area contributed by atoms with Gasteiger partial charge in [-0.2, -0.15) is 0 Å². The quantitative estimate of drug-likeness (QED) is 0.463. The Labute approximate surface area is 73.0 Å². The van der Waals surface area contributed by atoms with Gasteiger partial charge in [-0.25, -0.2) is 0 Å². The van der Waals surface area contributed by atoms with Crippen LogP contribution in [-0.2, 0) is 9.53 Å². The largest absolute Gasteiger partial charge is 0.381 e.